The number of anilines is 1. The minimum absolute atomic E-state index is 0.878. The first-order chi connectivity index (χ1) is 8.25. The van der Waals surface area contributed by atoms with Gasteiger partial charge >= 0.3 is 0 Å². The summed E-state index contributed by atoms with van der Waals surface area (Å²) >= 11 is 0. The van der Waals surface area contributed by atoms with Crippen LogP contribution >= 0.6 is 0 Å². The molecule has 0 aromatic carbocycles. The van der Waals surface area contributed by atoms with Crippen molar-refractivity contribution in [2.75, 3.05) is 32.5 Å². The molecule has 1 N–H and O–H groups in total. The summed E-state index contributed by atoms with van der Waals surface area (Å²) in [5, 5.41) is 7.44. The van der Waals surface area contributed by atoms with Crippen LogP contribution in [0, 0.1) is 0 Å². The number of nitrogens with one attached hydrogen (secondary N) is 1. The molecule has 0 bridgehead atoms. The SMILES string of the molecule is CN(C)CCCCNc1ccn2nccc2n1. The lowest BCUT2D eigenvalue weighted by Crippen LogP contribution is -2.14. The van der Waals surface area contributed by atoms with E-state index in [1.165, 1.54) is 6.42 Å². The Kier molecular flexibility index (Phi) is 3.93. The highest BCUT2D eigenvalue weighted by Crippen LogP contribution is 2.05. The zero-order valence-corrected chi connectivity index (χ0v) is 10.4. The molecule has 0 amide bonds. The molecule has 0 aliphatic heterocycles. The van der Waals surface area contributed by atoms with Crippen molar-refractivity contribution in [3.05, 3.63) is 24.5 Å². The van der Waals surface area contributed by atoms with Crippen molar-refractivity contribution < 1.29 is 0 Å². The van der Waals surface area contributed by atoms with Gasteiger partial charge in [-0.3, -0.25) is 0 Å². The van der Waals surface area contributed by atoms with E-state index >= 15 is 0 Å². The van der Waals surface area contributed by atoms with Gasteiger partial charge in [-0.25, -0.2) is 9.50 Å². The summed E-state index contributed by atoms with van der Waals surface area (Å²) in [6.07, 6.45) is 6.03. The summed E-state index contributed by atoms with van der Waals surface area (Å²) in [7, 11) is 4.20. The fourth-order valence-corrected chi connectivity index (χ4v) is 1.68. The monoisotopic (exact) mass is 233 g/mol. The molecule has 2 aromatic rings. The second kappa shape index (κ2) is 5.63. The highest BCUT2D eigenvalue weighted by molar-refractivity contribution is 5.45. The molecular formula is C12H19N5. The van der Waals surface area contributed by atoms with Crippen LogP contribution in [-0.4, -0.2) is 46.7 Å². The van der Waals surface area contributed by atoms with Crippen LogP contribution in [0.15, 0.2) is 24.5 Å². The topological polar surface area (TPSA) is 45.5 Å². The molecule has 0 radical (unpaired) electrons. The van der Waals surface area contributed by atoms with Gasteiger partial charge in [-0.1, -0.05) is 0 Å². The van der Waals surface area contributed by atoms with E-state index in [2.05, 4.69) is 34.4 Å². The minimum Gasteiger partial charge on any atom is -0.370 e. The number of nitrogens with zero attached hydrogens (tertiary/aromatic N) is 4. The summed E-state index contributed by atoms with van der Waals surface area (Å²) < 4.78 is 1.76. The molecule has 0 saturated carbocycles. The van der Waals surface area contributed by atoms with Crippen molar-refractivity contribution in [2.45, 2.75) is 12.8 Å². The van der Waals surface area contributed by atoms with Gasteiger partial charge in [0.2, 0.25) is 0 Å². The molecule has 0 spiro atoms. The summed E-state index contributed by atoms with van der Waals surface area (Å²) in [4.78, 5) is 6.65. The molecular weight excluding hydrogens is 214 g/mol. The average molecular weight is 233 g/mol. The molecule has 2 heterocycles. The van der Waals surface area contributed by atoms with Gasteiger partial charge in [0, 0.05) is 18.8 Å². The van der Waals surface area contributed by atoms with Crippen LogP contribution in [-0.2, 0) is 0 Å². The second-order valence-corrected chi connectivity index (χ2v) is 4.38. The third kappa shape index (κ3) is 3.42. The van der Waals surface area contributed by atoms with Crippen molar-refractivity contribution in [1.82, 2.24) is 19.5 Å². The smallest absolute Gasteiger partial charge is 0.157 e. The van der Waals surface area contributed by atoms with E-state index in [1.54, 1.807) is 10.7 Å². The fraction of sp³-hybridized carbons (Fsp3) is 0.500. The number of fused-ring (bicyclic) bond motifs is 1. The number of aromatic nitrogens is 3. The standard InChI is InChI=1S/C12H19N5/c1-16(2)9-4-3-7-13-11-6-10-17-12(15-11)5-8-14-17/h5-6,8,10H,3-4,7,9H2,1-2H3,(H,13,15). The van der Waals surface area contributed by atoms with E-state index in [-0.39, 0.29) is 0 Å². The van der Waals surface area contributed by atoms with Gasteiger partial charge in [-0.15, -0.1) is 0 Å². The lowest BCUT2D eigenvalue weighted by molar-refractivity contribution is 0.396. The molecule has 2 rings (SSSR count). The molecule has 0 fully saturated rings. The Hall–Kier alpha value is -1.62. The van der Waals surface area contributed by atoms with E-state index in [0.717, 1.165) is 31.0 Å². The van der Waals surface area contributed by atoms with Gasteiger partial charge < -0.3 is 10.2 Å². The van der Waals surface area contributed by atoms with Crippen LogP contribution in [0.25, 0.3) is 5.65 Å². The Morgan fingerprint density at radius 3 is 3.00 bits per heavy atom. The van der Waals surface area contributed by atoms with Crippen molar-refractivity contribution >= 4 is 11.5 Å². The summed E-state index contributed by atoms with van der Waals surface area (Å²) in [5.41, 5.74) is 0.878. The van der Waals surface area contributed by atoms with Gasteiger partial charge in [0.25, 0.3) is 0 Å². The minimum atomic E-state index is 0.878. The highest BCUT2D eigenvalue weighted by atomic mass is 15.2. The van der Waals surface area contributed by atoms with Gasteiger partial charge in [-0.2, -0.15) is 5.10 Å². The molecule has 92 valence electrons. The van der Waals surface area contributed by atoms with Gasteiger partial charge in [0.05, 0.1) is 6.20 Å². The van der Waals surface area contributed by atoms with Gasteiger partial charge in [0.1, 0.15) is 5.82 Å². The summed E-state index contributed by atoms with van der Waals surface area (Å²) in [5.74, 6) is 0.919. The lowest BCUT2D eigenvalue weighted by Gasteiger charge is -2.09. The van der Waals surface area contributed by atoms with Crippen LogP contribution in [0.3, 0.4) is 0 Å². The Bertz CT molecular complexity index is 463. The van der Waals surface area contributed by atoms with Crippen LogP contribution in [0.4, 0.5) is 5.82 Å². The van der Waals surface area contributed by atoms with Gasteiger partial charge in [-0.05, 0) is 39.5 Å². The zero-order chi connectivity index (χ0) is 12.1. The van der Waals surface area contributed by atoms with Crippen molar-refractivity contribution in [3.63, 3.8) is 0 Å². The number of hydrogen-bond acceptors (Lipinski definition) is 4. The number of hydrogen-bond donors (Lipinski definition) is 1. The molecule has 5 heteroatoms. The quantitative estimate of drug-likeness (QED) is 0.768. The van der Waals surface area contributed by atoms with E-state index in [0.29, 0.717) is 0 Å². The van der Waals surface area contributed by atoms with Crippen molar-refractivity contribution in [3.8, 4) is 0 Å². The normalized spacial score (nSPS) is 11.2. The third-order valence-electron chi connectivity index (χ3n) is 2.60. The first-order valence-corrected chi connectivity index (χ1v) is 5.95. The maximum Gasteiger partial charge on any atom is 0.157 e. The molecule has 0 aliphatic rings. The maximum absolute atomic E-state index is 4.45. The van der Waals surface area contributed by atoms with Crippen molar-refractivity contribution in [1.29, 1.82) is 0 Å². The second-order valence-electron chi connectivity index (χ2n) is 4.38. The van der Waals surface area contributed by atoms with E-state index in [9.17, 15) is 0 Å². The summed E-state index contributed by atoms with van der Waals surface area (Å²) in [6, 6.07) is 3.85. The molecule has 5 nitrogen and oxygen atoms in total. The van der Waals surface area contributed by atoms with E-state index in [1.807, 2.05) is 18.3 Å². The molecule has 17 heavy (non-hydrogen) atoms. The van der Waals surface area contributed by atoms with Crippen molar-refractivity contribution in [2.24, 2.45) is 0 Å². The molecule has 0 atom stereocenters. The Morgan fingerprint density at radius 2 is 2.18 bits per heavy atom. The maximum atomic E-state index is 4.45. The van der Waals surface area contributed by atoms with Crippen LogP contribution in [0.1, 0.15) is 12.8 Å². The molecule has 2 aromatic heterocycles. The fourth-order valence-electron chi connectivity index (χ4n) is 1.68. The first kappa shape index (κ1) is 11.9. The number of unbranched alkanes of at least 4 members (excludes halogenated alkanes) is 1. The van der Waals surface area contributed by atoms with E-state index < -0.39 is 0 Å². The molecule has 0 aliphatic carbocycles. The Balaban J connectivity index is 1.78. The van der Waals surface area contributed by atoms with Crippen LogP contribution < -0.4 is 5.32 Å². The lowest BCUT2D eigenvalue weighted by atomic mass is 10.3. The average Bonchev–Trinajstić information content (AvgIpc) is 2.75. The predicted molar refractivity (Wildman–Crippen MR) is 69.3 cm³/mol. The molecule has 0 unspecified atom stereocenters. The predicted octanol–water partition coefficient (Wildman–Crippen LogP) is 1.48. The van der Waals surface area contributed by atoms with E-state index in [4.69, 9.17) is 0 Å². The van der Waals surface area contributed by atoms with Crippen LogP contribution in [0.2, 0.25) is 0 Å². The Labute approximate surface area is 101 Å². The zero-order valence-electron chi connectivity index (χ0n) is 10.4. The van der Waals surface area contributed by atoms with Gasteiger partial charge in [0.15, 0.2) is 5.65 Å². The Morgan fingerprint density at radius 1 is 1.29 bits per heavy atom. The van der Waals surface area contributed by atoms with Crippen LogP contribution in [0.5, 0.6) is 0 Å². The largest absolute Gasteiger partial charge is 0.370 e. The summed E-state index contributed by atoms with van der Waals surface area (Å²) in [6.45, 7) is 2.10. The highest BCUT2D eigenvalue weighted by Gasteiger charge is 1.97. The first-order valence-electron chi connectivity index (χ1n) is 5.95. The third-order valence-corrected chi connectivity index (χ3v) is 2.60. The molecule has 0 saturated heterocycles. The number of rotatable bonds is 6.